The third kappa shape index (κ3) is 1.73. The summed E-state index contributed by atoms with van der Waals surface area (Å²) in [5, 5.41) is 2.11. The van der Waals surface area contributed by atoms with Crippen LogP contribution in [0.3, 0.4) is 0 Å². The summed E-state index contributed by atoms with van der Waals surface area (Å²) >= 11 is 1.72. The molecule has 0 spiro atoms. The summed E-state index contributed by atoms with van der Waals surface area (Å²) in [5.41, 5.74) is 2.65. The molecule has 0 amide bonds. The van der Waals surface area contributed by atoms with Gasteiger partial charge < -0.3 is 4.74 Å². The van der Waals surface area contributed by atoms with Crippen LogP contribution >= 0.6 is 11.8 Å². The fraction of sp³-hybridized carbons (Fsp3) is 0.273. The molecule has 1 aliphatic heterocycles. The monoisotopic (exact) mass is 192 g/mol. The summed E-state index contributed by atoms with van der Waals surface area (Å²) in [6, 6.07) is 6.23. The maximum absolute atomic E-state index is 5.48. The van der Waals surface area contributed by atoms with E-state index in [0.717, 1.165) is 18.8 Å². The highest BCUT2D eigenvalue weighted by Gasteiger charge is 2.13. The van der Waals surface area contributed by atoms with Gasteiger partial charge in [0.05, 0.1) is 6.61 Å². The summed E-state index contributed by atoms with van der Waals surface area (Å²) in [6.45, 7) is 0.833. The quantitative estimate of drug-likeness (QED) is 0.712. The Morgan fingerprint density at radius 2 is 2.38 bits per heavy atom. The van der Waals surface area contributed by atoms with E-state index in [0.29, 0.717) is 0 Å². The van der Waals surface area contributed by atoms with Crippen molar-refractivity contribution in [2.24, 2.45) is 0 Å². The topological polar surface area (TPSA) is 9.23 Å². The van der Waals surface area contributed by atoms with Gasteiger partial charge in [-0.25, -0.2) is 0 Å². The molecule has 0 fully saturated rings. The first-order valence-electron chi connectivity index (χ1n) is 4.36. The van der Waals surface area contributed by atoms with E-state index in [-0.39, 0.29) is 0 Å². The van der Waals surface area contributed by atoms with E-state index in [1.807, 2.05) is 12.1 Å². The Morgan fingerprint density at radius 1 is 1.46 bits per heavy atom. The lowest BCUT2D eigenvalue weighted by molar-refractivity contribution is 0.357. The second kappa shape index (κ2) is 3.88. The number of hydrogen-bond acceptors (Lipinski definition) is 2. The third-order valence-electron chi connectivity index (χ3n) is 2.16. The van der Waals surface area contributed by atoms with E-state index >= 15 is 0 Å². The molecule has 2 heteroatoms. The van der Waals surface area contributed by atoms with Crippen LogP contribution in [0.2, 0.25) is 0 Å². The minimum Gasteiger partial charge on any atom is -0.493 e. The maximum atomic E-state index is 5.48. The fourth-order valence-corrected chi connectivity index (χ4v) is 1.83. The fourth-order valence-electron chi connectivity index (χ4n) is 1.55. The van der Waals surface area contributed by atoms with E-state index in [2.05, 4.69) is 23.8 Å². The lowest BCUT2D eigenvalue weighted by atomic mass is 10.1. The van der Waals surface area contributed by atoms with Crippen LogP contribution in [-0.4, -0.2) is 12.9 Å². The van der Waals surface area contributed by atoms with Gasteiger partial charge in [0.25, 0.3) is 0 Å². The molecule has 2 rings (SSSR count). The lowest BCUT2D eigenvalue weighted by Gasteiger charge is -2.01. The minimum atomic E-state index is 0.833. The molecular weight excluding hydrogens is 180 g/mol. The van der Waals surface area contributed by atoms with Crippen molar-refractivity contribution < 1.29 is 4.74 Å². The number of benzene rings is 1. The summed E-state index contributed by atoms with van der Waals surface area (Å²) in [7, 11) is 0. The van der Waals surface area contributed by atoms with Gasteiger partial charge in [-0.15, -0.1) is 11.8 Å². The molecule has 1 aliphatic rings. The molecule has 1 aromatic rings. The van der Waals surface area contributed by atoms with E-state index in [1.165, 1.54) is 11.1 Å². The normalized spacial score (nSPS) is 14.5. The number of hydrogen-bond donors (Lipinski definition) is 0. The first kappa shape index (κ1) is 8.70. The Morgan fingerprint density at radius 3 is 3.23 bits per heavy atom. The molecule has 0 atom stereocenters. The minimum absolute atomic E-state index is 0.833. The van der Waals surface area contributed by atoms with Gasteiger partial charge in [0.1, 0.15) is 5.75 Å². The zero-order valence-corrected chi connectivity index (χ0v) is 8.43. The smallest absolute Gasteiger partial charge is 0.123 e. The predicted octanol–water partition coefficient (Wildman–Crippen LogP) is 2.96. The van der Waals surface area contributed by atoms with Crippen molar-refractivity contribution in [2.75, 3.05) is 12.9 Å². The van der Waals surface area contributed by atoms with Crippen molar-refractivity contribution in [1.29, 1.82) is 0 Å². The molecule has 0 saturated heterocycles. The molecule has 68 valence electrons. The largest absolute Gasteiger partial charge is 0.493 e. The summed E-state index contributed by atoms with van der Waals surface area (Å²) in [6.07, 6.45) is 5.26. The van der Waals surface area contributed by atoms with Gasteiger partial charge in [0.2, 0.25) is 0 Å². The van der Waals surface area contributed by atoms with Crippen LogP contribution < -0.4 is 4.74 Å². The van der Waals surface area contributed by atoms with Crippen molar-refractivity contribution in [3.8, 4) is 5.75 Å². The summed E-state index contributed by atoms with van der Waals surface area (Å²) in [5.74, 6) is 1.06. The molecule has 1 heterocycles. The van der Waals surface area contributed by atoms with Gasteiger partial charge in [0.15, 0.2) is 0 Å². The predicted molar refractivity (Wildman–Crippen MR) is 58.2 cm³/mol. The van der Waals surface area contributed by atoms with Crippen LogP contribution in [0.5, 0.6) is 5.75 Å². The number of fused-ring (bicyclic) bond motifs is 1. The number of rotatable bonds is 2. The third-order valence-corrected chi connectivity index (χ3v) is 2.57. The highest BCUT2D eigenvalue weighted by atomic mass is 32.2. The molecule has 0 bridgehead atoms. The van der Waals surface area contributed by atoms with Gasteiger partial charge in [0, 0.05) is 12.0 Å². The Hall–Kier alpha value is -0.890. The van der Waals surface area contributed by atoms with Gasteiger partial charge in [-0.3, -0.25) is 0 Å². The molecule has 1 aromatic carbocycles. The molecule has 0 aliphatic carbocycles. The van der Waals surface area contributed by atoms with Crippen LogP contribution in [0.15, 0.2) is 23.6 Å². The summed E-state index contributed by atoms with van der Waals surface area (Å²) < 4.78 is 5.48. The zero-order valence-electron chi connectivity index (χ0n) is 7.62. The van der Waals surface area contributed by atoms with Crippen molar-refractivity contribution in [3.05, 3.63) is 34.7 Å². The van der Waals surface area contributed by atoms with Gasteiger partial charge >= 0.3 is 0 Å². The van der Waals surface area contributed by atoms with Gasteiger partial charge in [-0.2, -0.15) is 0 Å². The first-order valence-corrected chi connectivity index (χ1v) is 5.64. The van der Waals surface area contributed by atoms with Crippen LogP contribution in [-0.2, 0) is 6.42 Å². The van der Waals surface area contributed by atoms with Crippen molar-refractivity contribution in [3.63, 3.8) is 0 Å². The molecule has 0 radical (unpaired) electrons. The molecule has 0 N–H and O–H groups in total. The standard InChI is InChI=1S/C11H12OS/c1-13-8-6-9-3-2-4-11-10(9)5-7-12-11/h2-4,6,8H,5,7H2,1H3/b8-6+. The number of thioether (sulfide) groups is 1. The Labute approximate surface area is 82.8 Å². The highest BCUT2D eigenvalue weighted by molar-refractivity contribution is 8.01. The molecule has 0 aromatic heterocycles. The van der Waals surface area contributed by atoms with Crippen LogP contribution in [0.4, 0.5) is 0 Å². The number of ether oxygens (including phenoxy) is 1. The second-order valence-corrected chi connectivity index (χ2v) is 3.70. The Kier molecular flexibility index (Phi) is 2.60. The van der Waals surface area contributed by atoms with Crippen LogP contribution in [0.1, 0.15) is 11.1 Å². The SMILES string of the molecule is CS/C=C/c1cccc2c1CCO2. The van der Waals surface area contributed by atoms with Crippen molar-refractivity contribution in [2.45, 2.75) is 6.42 Å². The van der Waals surface area contributed by atoms with E-state index < -0.39 is 0 Å². The molecule has 0 saturated carbocycles. The van der Waals surface area contributed by atoms with Crippen LogP contribution in [0.25, 0.3) is 6.08 Å². The highest BCUT2D eigenvalue weighted by Crippen LogP contribution is 2.29. The van der Waals surface area contributed by atoms with E-state index in [9.17, 15) is 0 Å². The van der Waals surface area contributed by atoms with Crippen molar-refractivity contribution >= 4 is 17.8 Å². The summed E-state index contributed by atoms with van der Waals surface area (Å²) in [4.78, 5) is 0. The maximum Gasteiger partial charge on any atom is 0.123 e. The molecule has 0 unspecified atom stereocenters. The molecular formula is C11H12OS. The van der Waals surface area contributed by atoms with Crippen molar-refractivity contribution in [1.82, 2.24) is 0 Å². The zero-order chi connectivity index (χ0) is 9.10. The Bertz CT molecular complexity index is 331. The lowest BCUT2D eigenvalue weighted by Crippen LogP contribution is -1.86. The van der Waals surface area contributed by atoms with Gasteiger partial charge in [-0.1, -0.05) is 12.1 Å². The first-order chi connectivity index (χ1) is 6.42. The molecule has 13 heavy (non-hydrogen) atoms. The van der Waals surface area contributed by atoms with E-state index in [1.54, 1.807) is 11.8 Å². The second-order valence-electron chi connectivity index (χ2n) is 2.96. The average Bonchev–Trinajstić information content (AvgIpc) is 2.62. The van der Waals surface area contributed by atoms with Crippen LogP contribution in [0, 0.1) is 0 Å². The molecule has 1 nitrogen and oxygen atoms in total. The average molecular weight is 192 g/mol. The van der Waals surface area contributed by atoms with Gasteiger partial charge in [-0.05, 0) is 29.4 Å². The van der Waals surface area contributed by atoms with E-state index in [4.69, 9.17) is 4.74 Å². The Balaban J connectivity index is 2.36.